The van der Waals surface area contributed by atoms with E-state index in [1.165, 1.54) is 0 Å². The summed E-state index contributed by atoms with van der Waals surface area (Å²) in [5.74, 6) is 0. The Morgan fingerprint density at radius 3 is 2.47 bits per heavy atom. The molecule has 1 aromatic carbocycles. The molecule has 17 heavy (non-hydrogen) atoms. The van der Waals surface area contributed by atoms with Crippen LogP contribution in [0.5, 0.6) is 0 Å². The monoisotopic (exact) mass is 228 g/mol. The molecular formula is C13H16N4. The van der Waals surface area contributed by atoms with E-state index in [-0.39, 0.29) is 5.54 Å². The zero-order valence-corrected chi connectivity index (χ0v) is 10.3. The van der Waals surface area contributed by atoms with Crippen molar-refractivity contribution in [1.82, 2.24) is 15.4 Å². The van der Waals surface area contributed by atoms with Crippen LogP contribution in [-0.2, 0) is 0 Å². The molecule has 1 N–H and O–H groups in total. The van der Waals surface area contributed by atoms with E-state index in [2.05, 4.69) is 20.4 Å². The molecule has 0 bridgehead atoms. The van der Waals surface area contributed by atoms with Crippen molar-refractivity contribution < 1.29 is 0 Å². The number of aromatic nitrogens is 3. The molecule has 0 amide bonds. The van der Waals surface area contributed by atoms with Gasteiger partial charge < -0.3 is 0 Å². The predicted molar refractivity (Wildman–Crippen MR) is 69.2 cm³/mol. The Kier molecular flexibility index (Phi) is 3.04. The number of benzene rings is 1. The Morgan fingerprint density at radius 2 is 1.82 bits per heavy atom. The van der Waals surface area contributed by atoms with Crippen LogP contribution < -0.4 is 0 Å². The highest BCUT2D eigenvalue weighted by Crippen LogP contribution is 2.18. The minimum atomic E-state index is -0.104. The first-order valence-corrected chi connectivity index (χ1v) is 5.58. The fourth-order valence-electron chi connectivity index (χ4n) is 1.39. The molecule has 0 unspecified atom stereocenters. The molecule has 4 heteroatoms. The summed E-state index contributed by atoms with van der Waals surface area (Å²) in [5, 5.41) is 10.9. The van der Waals surface area contributed by atoms with E-state index < -0.39 is 0 Å². The second-order valence-electron chi connectivity index (χ2n) is 4.85. The zero-order valence-electron chi connectivity index (χ0n) is 10.3. The van der Waals surface area contributed by atoms with E-state index in [0.717, 1.165) is 17.0 Å². The maximum absolute atomic E-state index is 4.44. The molecule has 2 rings (SSSR count). The maximum Gasteiger partial charge on any atom is 0.131 e. The quantitative estimate of drug-likeness (QED) is 0.803. The van der Waals surface area contributed by atoms with Gasteiger partial charge in [-0.1, -0.05) is 30.3 Å². The first kappa shape index (κ1) is 11.5. The van der Waals surface area contributed by atoms with E-state index in [9.17, 15) is 0 Å². The number of H-pyrrole nitrogens is 1. The van der Waals surface area contributed by atoms with Crippen molar-refractivity contribution in [3.63, 3.8) is 0 Å². The zero-order chi connectivity index (χ0) is 12.3. The van der Waals surface area contributed by atoms with Crippen LogP contribution in [0.4, 0.5) is 0 Å². The highest BCUT2D eigenvalue weighted by Gasteiger charge is 2.10. The van der Waals surface area contributed by atoms with Crippen molar-refractivity contribution >= 4 is 6.21 Å². The van der Waals surface area contributed by atoms with Gasteiger partial charge in [0.15, 0.2) is 0 Å². The summed E-state index contributed by atoms with van der Waals surface area (Å²) < 4.78 is 0. The van der Waals surface area contributed by atoms with Gasteiger partial charge in [0.05, 0.1) is 11.8 Å². The van der Waals surface area contributed by atoms with Gasteiger partial charge in [-0.15, -0.1) is 0 Å². The Morgan fingerprint density at radius 1 is 1.12 bits per heavy atom. The third kappa shape index (κ3) is 3.00. The van der Waals surface area contributed by atoms with Crippen molar-refractivity contribution in [2.24, 2.45) is 4.99 Å². The van der Waals surface area contributed by atoms with Crippen LogP contribution in [0.3, 0.4) is 0 Å². The minimum absolute atomic E-state index is 0.104. The lowest BCUT2D eigenvalue weighted by atomic mass is 10.1. The Balaban J connectivity index is 2.33. The predicted octanol–water partition coefficient (Wildman–Crippen LogP) is 2.69. The third-order valence-electron chi connectivity index (χ3n) is 2.20. The lowest BCUT2D eigenvalue weighted by Gasteiger charge is -2.10. The molecule has 0 aliphatic rings. The van der Waals surface area contributed by atoms with Crippen LogP contribution >= 0.6 is 0 Å². The molecule has 2 aromatic rings. The fourth-order valence-corrected chi connectivity index (χ4v) is 1.39. The second kappa shape index (κ2) is 4.49. The first-order chi connectivity index (χ1) is 8.06. The van der Waals surface area contributed by atoms with E-state index >= 15 is 0 Å². The largest absolute Gasteiger partial charge is 0.285 e. The summed E-state index contributed by atoms with van der Waals surface area (Å²) in [4.78, 5) is 4.44. The summed E-state index contributed by atoms with van der Waals surface area (Å²) >= 11 is 0. The van der Waals surface area contributed by atoms with Crippen LogP contribution in [0.15, 0.2) is 35.3 Å². The Hall–Kier alpha value is -1.97. The fraction of sp³-hybridized carbons (Fsp3) is 0.308. The van der Waals surface area contributed by atoms with Crippen LogP contribution in [0.25, 0.3) is 11.3 Å². The lowest BCUT2D eigenvalue weighted by molar-refractivity contribution is 0.586. The average molecular weight is 228 g/mol. The highest BCUT2D eigenvalue weighted by molar-refractivity contribution is 5.86. The molecule has 4 nitrogen and oxygen atoms in total. The smallest absolute Gasteiger partial charge is 0.131 e. The van der Waals surface area contributed by atoms with Crippen LogP contribution in [0.1, 0.15) is 26.5 Å². The molecular weight excluding hydrogens is 212 g/mol. The van der Waals surface area contributed by atoms with Crippen molar-refractivity contribution in [2.45, 2.75) is 26.3 Å². The number of rotatable bonds is 2. The minimum Gasteiger partial charge on any atom is -0.285 e. The van der Waals surface area contributed by atoms with Crippen LogP contribution in [-0.4, -0.2) is 27.2 Å². The first-order valence-electron chi connectivity index (χ1n) is 5.58. The summed E-state index contributed by atoms with van der Waals surface area (Å²) in [6, 6.07) is 9.95. The van der Waals surface area contributed by atoms with Crippen molar-refractivity contribution in [2.75, 3.05) is 0 Å². The molecule has 0 aliphatic carbocycles. The molecule has 0 atom stereocenters. The lowest BCUT2D eigenvalue weighted by Crippen LogP contribution is -2.09. The average Bonchev–Trinajstić information content (AvgIpc) is 2.75. The van der Waals surface area contributed by atoms with Gasteiger partial charge in [-0.25, -0.2) is 0 Å². The Bertz CT molecular complexity index is 506. The van der Waals surface area contributed by atoms with Gasteiger partial charge in [0.25, 0.3) is 0 Å². The van der Waals surface area contributed by atoms with Crippen molar-refractivity contribution in [3.05, 3.63) is 36.0 Å². The molecule has 1 heterocycles. The van der Waals surface area contributed by atoms with Gasteiger partial charge in [0.2, 0.25) is 0 Å². The maximum atomic E-state index is 4.44. The summed E-state index contributed by atoms with van der Waals surface area (Å²) in [6.07, 6.45) is 1.77. The number of hydrogen-bond donors (Lipinski definition) is 1. The molecule has 0 saturated heterocycles. The normalized spacial score (nSPS) is 12.2. The van der Waals surface area contributed by atoms with Gasteiger partial charge in [-0.2, -0.15) is 15.4 Å². The second-order valence-corrected chi connectivity index (χ2v) is 4.85. The third-order valence-corrected chi connectivity index (χ3v) is 2.20. The summed E-state index contributed by atoms with van der Waals surface area (Å²) in [6.45, 7) is 6.14. The molecule has 0 spiro atoms. The number of nitrogens with one attached hydrogen (secondary N) is 1. The van der Waals surface area contributed by atoms with E-state index in [1.807, 2.05) is 51.1 Å². The number of aromatic amines is 1. The highest BCUT2D eigenvalue weighted by atomic mass is 15.3. The number of aliphatic imine (C=N–C) groups is 1. The summed E-state index contributed by atoms with van der Waals surface area (Å²) in [7, 11) is 0. The van der Waals surface area contributed by atoms with Crippen molar-refractivity contribution in [1.29, 1.82) is 0 Å². The molecule has 0 radical (unpaired) electrons. The van der Waals surface area contributed by atoms with Crippen LogP contribution in [0, 0.1) is 0 Å². The Labute approximate surface area is 101 Å². The van der Waals surface area contributed by atoms with Gasteiger partial charge in [0, 0.05) is 5.56 Å². The summed E-state index contributed by atoms with van der Waals surface area (Å²) in [5.41, 5.74) is 2.54. The molecule has 0 fully saturated rings. The van der Waals surface area contributed by atoms with E-state index in [4.69, 9.17) is 0 Å². The topological polar surface area (TPSA) is 53.9 Å². The molecule has 88 valence electrons. The van der Waals surface area contributed by atoms with Gasteiger partial charge in [0.1, 0.15) is 11.4 Å². The molecule has 0 saturated carbocycles. The van der Waals surface area contributed by atoms with Crippen molar-refractivity contribution in [3.8, 4) is 11.3 Å². The van der Waals surface area contributed by atoms with Gasteiger partial charge in [-0.05, 0) is 20.8 Å². The molecule has 0 aliphatic heterocycles. The number of nitrogens with zero attached hydrogens (tertiary/aromatic N) is 3. The van der Waals surface area contributed by atoms with Gasteiger partial charge in [-0.3, -0.25) is 4.99 Å². The number of hydrogen-bond acceptors (Lipinski definition) is 3. The van der Waals surface area contributed by atoms with Gasteiger partial charge >= 0.3 is 0 Å². The molecule has 1 aromatic heterocycles. The van der Waals surface area contributed by atoms with E-state index in [0.29, 0.717) is 0 Å². The van der Waals surface area contributed by atoms with E-state index in [1.54, 1.807) is 6.21 Å². The van der Waals surface area contributed by atoms with Crippen LogP contribution in [0.2, 0.25) is 0 Å². The standard InChI is InChI=1S/C13H16N4/c1-13(2,3)14-9-11-12(16-17-15-11)10-7-5-4-6-8-10/h4-9H,1-3H3,(H,15,16,17). The SMILES string of the molecule is CC(C)(C)N=Cc1n[nH]nc1-c1ccccc1.